The van der Waals surface area contributed by atoms with Gasteiger partial charge in [-0.3, -0.25) is 10.1 Å². The first-order valence-corrected chi connectivity index (χ1v) is 5.95. The highest BCUT2D eigenvalue weighted by Gasteiger charge is 2.16. The summed E-state index contributed by atoms with van der Waals surface area (Å²) < 4.78 is 27.1. The van der Waals surface area contributed by atoms with Crippen LogP contribution in [0, 0.1) is 21.7 Å². The number of halogens is 2. The van der Waals surface area contributed by atoms with Gasteiger partial charge in [0.15, 0.2) is 0 Å². The van der Waals surface area contributed by atoms with Gasteiger partial charge in [-0.05, 0) is 6.07 Å². The maximum atomic E-state index is 13.8. The number of nitro benzene ring substituents is 1. The van der Waals surface area contributed by atoms with Crippen LogP contribution in [0.15, 0.2) is 42.5 Å². The Morgan fingerprint density at radius 1 is 1.00 bits per heavy atom. The van der Waals surface area contributed by atoms with Gasteiger partial charge in [-0.1, -0.05) is 30.3 Å². The number of benzene rings is 2. The smallest absolute Gasteiger partial charge is 0.305 e. The molecule has 0 amide bonds. The lowest BCUT2D eigenvalue weighted by atomic mass is 10.1. The second-order valence-corrected chi connectivity index (χ2v) is 4.20. The zero-order valence-electron chi connectivity index (χ0n) is 10.5. The van der Waals surface area contributed by atoms with E-state index in [0.29, 0.717) is 5.56 Å². The largest absolute Gasteiger partial charge is 0.308 e. The Hall–Kier alpha value is -2.34. The second kappa shape index (κ2) is 6.21. The third kappa shape index (κ3) is 3.16. The molecule has 104 valence electrons. The molecular weight excluding hydrogens is 266 g/mol. The minimum Gasteiger partial charge on any atom is -0.308 e. The van der Waals surface area contributed by atoms with Gasteiger partial charge < -0.3 is 5.32 Å². The first-order valence-electron chi connectivity index (χ1n) is 5.95. The lowest BCUT2D eigenvalue weighted by Crippen LogP contribution is -2.15. The number of nitrogens with zero attached hydrogens (tertiary/aromatic N) is 1. The molecule has 0 unspecified atom stereocenters. The van der Waals surface area contributed by atoms with Crippen LogP contribution in [0.4, 0.5) is 14.5 Å². The first kappa shape index (κ1) is 14.1. The van der Waals surface area contributed by atoms with Crippen molar-refractivity contribution in [3.63, 3.8) is 0 Å². The Balaban J connectivity index is 2.03. The van der Waals surface area contributed by atoms with Crippen molar-refractivity contribution in [3.8, 4) is 0 Å². The van der Waals surface area contributed by atoms with Gasteiger partial charge in [0.2, 0.25) is 5.82 Å². The summed E-state index contributed by atoms with van der Waals surface area (Å²) in [5.41, 5.74) is 0.0732. The predicted molar refractivity (Wildman–Crippen MR) is 70.0 cm³/mol. The highest BCUT2D eigenvalue weighted by molar-refractivity contribution is 5.36. The topological polar surface area (TPSA) is 55.2 Å². The molecule has 2 aromatic carbocycles. The lowest BCUT2D eigenvalue weighted by Gasteiger charge is -2.07. The standard InChI is InChI=1S/C14H12F2N2O2/c15-12-6-2-1-4-10(12)8-17-9-11-5-3-7-13(14(11)16)18(19)20/h1-7,17H,8-9H2. The van der Waals surface area contributed by atoms with Crippen molar-refractivity contribution < 1.29 is 13.7 Å². The SMILES string of the molecule is O=[N+]([O-])c1cccc(CNCc2ccccc2F)c1F. The molecule has 4 nitrogen and oxygen atoms in total. The van der Waals surface area contributed by atoms with Crippen LogP contribution >= 0.6 is 0 Å². The Bertz CT molecular complexity index is 632. The fraction of sp³-hybridized carbons (Fsp3) is 0.143. The van der Waals surface area contributed by atoms with Crippen molar-refractivity contribution in [3.05, 3.63) is 75.3 Å². The Kier molecular flexibility index (Phi) is 4.37. The number of hydrogen-bond donors (Lipinski definition) is 1. The van der Waals surface area contributed by atoms with Gasteiger partial charge in [-0.15, -0.1) is 0 Å². The van der Waals surface area contributed by atoms with Crippen LogP contribution in [0.3, 0.4) is 0 Å². The van der Waals surface area contributed by atoms with E-state index < -0.39 is 16.4 Å². The van der Waals surface area contributed by atoms with Crippen LogP contribution in [0.5, 0.6) is 0 Å². The van der Waals surface area contributed by atoms with E-state index in [1.165, 1.54) is 18.2 Å². The molecule has 6 heteroatoms. The molecular formula is C14H12F2N2O2. The summed E-state index contributed by atoms with van der Waals surface area (Å²) in [4.78, 5) is 9.84. The summed E-state index contributed by atoms with van der Waals surface area (Å²) in [6.07, 6.45) is 0. The molecule has 0 saturated heterocycles. The number of nitro groups is 1. The van der Waals surface area contributed by atoms with Gasteiger partial charge in [0, 0.05) is 30.3 Å². The molecule has 0 spiro atoms. The van der Waals surface area contributed by atoms with Crippen LogP contribution in [0.1, 0.15) is 11.1 Å². The average Bonchev–Trinajstić information content (AvgIpc) is 2.42. The third-order valence-electron chi connectivity index (χ3n) is 2.84. The maximum absolute atomic E-state index is 13.8. The zero-order valence-corrected chi connectivity index (χ0v) is 10.5. The number of nitrogens with one attached hydrogen (secondary N) is 1. The van der Waals surface area contributed by atoms with Gasteiger partial charge in [0.25, 0.3) is 0 Å². The molecule has 2 rings (SSSR count). The molecule has 0 saturated carbocycles. The molecule has 0 bridgehead atoms. The van der Waals surface area contributed by atoms with Crippen molar-refractivity contribution in [2.45, 2.75) is 13.1 Å². The molecule has 0 aliphatic heterocycles. The molecule has 2 aromatic rings. The fourth-order valence-electron chi connectivity index (χ4n) is 1.82. The van der Waals surface area contributed by atoms with Crippen molar-refractivity contribution in [2.75, 3.05) is 0 Å². The van der Waals surface area contributed by atoms with Crippen molar-refractivity contribution >= 4 is 5.69 Å². The van der Waals surface area contributed by atoms with Crippen LogP contribution in [-0.2, 0) is 13.1 Å². The highest BCUT2D eigenvalue weighted by atomic mass is 19.1. The number of hydrogen-bond acceptors (Lipinski definition) is 3. The Morgan fingerprint density at radius 2 is 1.65 bits per heavy atom. The summed E-state index contributed by atoms with van der Waals surface area (Å²) in [5, 5.41) is 13.5. The van der Waals surface area contributed by atoms with Crippen molar-refractivity contribution in [2.24, 2.45) is 0 Å². The van der Waals surface area contributed by atoms with Crippen molar-refractivity contribution in [1.82, 2.24) is 5.32 Å². The minimum absolute atomic E-state index is 0.0852. The van der Waals surface area contributed by atoms with Gasteiger partial charge in [0.05, 0.1) is 4.92 Å². The molecule has 0 aliphatic rings. The van der Waals surface area contributed by atoms with Crippen LogP contribution < -0.4 is 5.32 Å². The van der Waals surface area contributed by atoms with E-state index in [1.807, 2.05) is 0 Å². The predicted octanol–water partition coefficient (Wildman–Crippen LogP) is 3.16. The highest BCUT2D eigenvalue weighted by Crippen LogP contribution is 2.20. The summed E-state index contributed by atoms with van der Waals surface area (Å²) in [6, 6.07) is 10.2. The van der Waals surface area contributed by atoms with Gasteiger partial charge in [-0.2, -0.15) is 4.39 Å². The summed E-state index contributed by atoms with van der Waals surface area (Å²) >= 11 is 0. The average molecular weight is 278 g/mol. The van der Waals surface area contributed by atoms with Crippen LogP contribution in [0.2, 0.25) is 0 Å². The molecule has 0 aliphatic carbocycles. The van der Waals surface area contributed by atoms with Crippen LogP contribution in [-0.4, -0.2) is 4.92 Å². The zero-order chi connectivity index (χ0) is 14.5. The lowest BCUT2D eigenvalue weighted by molar-refractivity contribution is -0.387. The normalized spacial score (nSPS) is 10.5. The molecule has 0 aromatic heterocycles. The first-order chi connectivity index (χ1) is 9.59. The Labute approximate surface area is 114 Å². The quantitative estimate of drug-likeness (QED) is 0.675. The van der Waals surface area contributed by atoms with Crippen LogP contribution in [0.25, 0.3) is 0 Å². The molecule has 0 fully saturated rings. The molecule has 0 radical (unpaired) electrons. The number of rotatable bonds is 5. The third-order valence-corrected chi connectivity index (χ3v) is 2.84. The van der Waals surface area contributed by atoms with E-state index in [4.69, 9.17) is 0 Å². The molecule has 0 atom stereocenters. The molecule has 1 N–H and O–H groups in total. The van der Waals surface area contributed by atoms with E-state index in [-0.39, 0.29) is 24.5 Å². The summed E-state index contributed by atoms with van der Waals surface area (Å²) in [5.74, 6) is -1.21. The monoisotopic (exact) mass is 278 g/mol. The fourth-order valence-corrected chi connectivity index (χ4v) is 1.82. The van der Waals surface area contributed by atoms with Gasteiger partial charge in [0.1, 0.15) is 5.82 Å². The van der Waals surface area contributed by atoms with Crippen molar-refractivity contribution in [1.29, 1.82) is 0 Å². The Morgan fingerprint density at radius 3 is 2.35 bits per heavy atom. The summed E-state index contributed by atoms with van der Waals surface area (Å²) in [7, 11) is 0. The second-order valence-electron chi connectivity index (χ2n) is 4.20. The minimum atomic E-state index is -0.862. The molecule has 0 heterocycles. The van der Waals surface area contributed by atoms with E-state index in [0.717, 1.165) is 6.07 Å². The van der Waals surface area contributed by atoms with Gasteiger partial charge >= 0.3 is 5.69 Å². The summed E-state index contributed by atoms with van der Waals surface area (Å²) in [6.45, 7) is 0.302. The van der Waals surface area contributed by atoms with E-state index >= 15 is 0 Å². The molecule has 20 heavy (non-hydrogen) atoms. The maximum Gasteiger partial charge on any atom is 0.305 e. The van der Waals surface area contributed by atoms with E-state index in [2.05, 4.69) is 5.32 Å². The van der Waals surface area contributed by atoms with Gasteiger partial charge in [-0.25, -0.2) is 4.39 Å². The van der Waals surface area contributed by atoms with E-state index in [1.54, 1.807) is 18.2 Å². The van der Waals surface area contributed by atoms with E-state index in [9.17, 15) is 18.9 Å².